The molecule has 3 N–H and O–H groups in total. The van der Waals surface area contributed by atoms with E-state index in [4.69, 9.17) is 5.73 Å². The molecule has 0 saturated carbocycles. The number of hydrogen-bond donors (Lipinski definition) is 2. The summed E-state index contributed by atoms with van der Waals surface area (Å²) in [7, 11) is 2.00. The van der Waals surface area contributed by atoms with Gasteiger partial charge in [0.2, 0.25) is 0 Å². The fourth-order valence-corrected chi connectivity index (χ4v) is 4.08. The van der Waals surface area contributed by atoms with Crippen molar-refractivity contribution < 1.29 is 0 Å². The summed E-state index contributed by atoms with van der Waals surface area (Å²) < 4.78 is 1.75. The number of aromatic nitrogens is 5. The van der Waals surface area contributed by atoms with E-state index in [0.717, 1.165) is 60.1 Å². The van der Waals surface area contributed by atoms with Crippen LogP contribution in [0, 0.1) is 5.92 Å². The maximum atomic E-state index is 6.51. The molecule has 1 fully saturated rings. The Balaban J connectivity index is 1.82. The summed E-state index contributed by atoms with van der Waals surface area (Å²) in [4.78, 5) is 8.76. The van der Waals surface area contributed by atoms with Crippen molar-refractivity contribution in [1.82, 2.24) is 34.8 Å². The highest BCUT2D eigenvalue weighted by atomic mass is 15.3. The lowest BCUT2D eigenvalue weighted by molar-refractivity contribution is 0.198. The third kappa shape index (κ3) is 6.10. The van der Waals surface area contributed by atoms with Gasteiger partial charge in [0.25, 0.3) is 0 Å². The number of likely N-dealkylation sites (tertiary alicyclic amines) is 1. The Morgan fingerprint density at radius 3 is 2.97 bits per heavy atom. The Bertz CT molecular complexity index is 1050. The predicted molar refractivity (Wildman–Crippen MR) is 136 cm³/mol. The van der Waals surface area contributed by atoms with Gasteiger partial charge in [0.05, 0.1) is 11.9 Å². The van der Waals surface area contributed by atoms with Gasteiger partial charge in [-0.15, -0.1) is 0 Å². The van der Waals surface area contributed by atoms with Gasteiger partial charge >= 0.3 is 0 Å². The van der Waals surface area contributed by atoms with Crippen LogP contribution in [0.25, 0.3) is 23.9 Å². The summed E-state index contributed by atoms with van der Waals surface area (Å²) in [6, 6.07) is 0. The molecule has 3 rings (SSSR count). The summed E-state index contributed by atoms with van der Waals surface area (Å²) in [6.45, 7) is 13.4. The van der Waals surface area contributed by atoms with E-state index in [2.05, 4.69) is 44.8 Å². The minimum atomic E-state index is 0.385. The number of allylic oxidation sites excluding steroid dienone is 3. The number of likely N-dealkylation sites (N-methyl/N-ethyl adjacent to an activating group) is 1. The minimum absolute atomic E-state index is 0.385. The summed E-state index contributed by atoms with van der Waals surface area (Å²) in [5.41, 5.74) is 11.2. The summed E-state index contributed by atoms with van der Waals surface area (Å²) in [5.74, 6) is 1.15. The summed E-state index contributed by atoms with van der Waals surface area (Å²) in [6.07, 6.45) is 17.4. The molecule has 8 nitrogen and oxygen atoms in total. The molecule has 0 unspecified atom stereocenters. The number of hydrogen-bond acceptors (Lipinski definition) is 6. The lowest BCUT2D eigenvalue weighted by Crippen LogP contribution is -2.37. The van der Waals surface area contributed by atoms with E-state index >= 15 is 0 Å². The van der Waals surface area contributed by atoms with Crippen molar-refractivity contribution in [3.8, 4) is 0 Å². The van der Waals surface area contributed by atoms with E-state index in [9.17, 15) is 0 Å². The molecule has 33 heavy (non-hydrogen) atoms. The summed E-state index contributed by atoms with van der Waals surface area (Å²) in [5, 5.41) is 11.6. The van der Waals surface area contributed by atoms with Gasteiger partial charge in [-0.05, 0) is 63.6 Å². The van der Waals surface area contributed by atoms with Crippen LogP contribution >= 0.6 is 0 Å². The number of nitrogens with one attached hydrogen (secondary N) is 1. The zero-order valence-corrected chi connectivity index (χ0v) is 20.2. The average Bonchev–Trinajstić information content (AvgIpc) is 3.47. The van der Waals surface area contributed by atoms with Crippen molar-refractivity contribution in [3.63, 3.8) is 0 Å². The molecule has 0 bridgehead atoms. The maximum absolute atomic E-state index is 6.51. The van der Waals surface area contributed by atoms with Crippen LogP contribution < -0.4 is 5.73 Å². The molecule has 1 atom stereocenters. The van der Waals surface area contributed by atoms with Crippen molar-refractivity contribution in [2.45, 2.75) is 33.6 Å². The molecular weight excluding hydrogens is 412 g/mol. The van der Waals surface area contributed by atoms with E-state index in [1.807, 2.05) is 62.6 Å². The fraction of sp³-hybridized carbons (Fsp3) is 0.400. The average molecular weight is 449 g/mol. The lowest BCUT2D eigenvalue weighted by atomic mass is 9.95. The SMILES string of the molecule is C=C/C(=C\c1cn[nH]c1/C(C)=C/n1ncnc1/C=C\C)N(C)/C=C(\N)[C@@H]1CCCN(CC)C1. The van der Waals surface area contributed by atoms with Crippen LogP contribution in [0.5, 0.6) is 0 Å². The quantitative estimate of drug-likeness (QED) is 0.563. The van der Waals surface area contributed by atoms with Crippen molar-refractivity contribution in [2.75, 3.05) is 26.7 Å². The molecule has 1 aliphatic heterocycles. The van der Waals surface area contributed by atoms with Crippen molar-refractivity contribution in [2.24, 2.45) is 11.7 Å². The number of aromatic amines is 1. The highest BCUT2D eigenvalue weighted by Gasteiger charge is 2.21. The predicted octanol–water partition coefficient (Wildman–Crippen LogP) is 4.04. The van der Waals surface area contributed by atoms with E-state index in [1.165, 1.54) is 6.42 Å². The summed E-state index contributed by atoms with van der Waals surface area (Å²) >= 11 is 0. The van der Waals surface area contributed by atoms with Gasteiger partial charge in [0.15, 0.2) is 5.82 Å². The Kier molecular flexibility index (Phi) is 8.43. The number of nitrogens with two attached hydrogens (primary N) is 1. The van der Waals surface area contributed by atoms with Gasteiger partial charge in [-0.2, -0.15) is 10.2 Å². The Morgan fingerprint density at radius 2 is 2.24 bits per heavy atom. The van der Waals surface area contributed by atoms with Crippen LogP contribution in [0.4, 0.5) is 0 Å². The molecule has 0 aliphatic carbocycles. The van der Waals surface area contributed by atoms with Gasteiger partial charge in [-0.3, -0.25) is 5.10 Å². The van der Waals surface area contributed by atoms with E-state index in [-0.39, 0.29) is 0 Å². The first-order chi connectivity index (χ1) is 16.0. The second kappa shape index (κ2) is 11.5. The molecule has 0 amide bonds. The molecule has 0 spiro atoms. The van der Waals surface area contributed by atoms with Gasteiger partial charge in [0, 0.05) is 48.9 Å². The third-order valence-electron chi connectivity index (χ3n) is 5.98. The maximum Gasteiger partial charge on any atom is 0.154 e. The largest absolute Gasteiger partial charge is 0.401 e. The number of nitrogens with zero attached hydrogens (tertiary/aromatic N) is 6. The zero-order chi connectivity index (χ0) is 23.8. The molecule has 1 aliphatic rings. The van der Waals surface area contributed by atoms with E-state index in [1.54, 1.807) is 11.0 Å². The van der Waals surface area contributed by atoms with Crippen LogP contribution in [0.2, 0.25) is 0 Å². The van der Waals surface area contributed by atoms with E-state index in [0.29, 0.717) is 5.92 Å². The molecule has 2 aromatic heterocycles. The van der Waals surface area contributed by atoms with Crippen LogP contribution in [-0.4, -0.2) is 61.4 Å². The number of piperidine rings is 1. The molecule has 0 radical (unpaired) electrons. The number of rotatable bonds is 9. The standard InChI is InChI=1S/C25H36N8/c1-6-10-24-27-18-29-33(24)15-19(4)25-21(14-28-30-25)13-22(7-2)31(5)17-23(26)20-11-9-12-32(8-3)16-20/h6-7,10,13-15,17-18,20H,2,8-9,11-12,16,26H2,1,3-5H3,(H,28,30)/b10-6-,19-15+,22-13+,23-17-/t20-/m1/s1. The first-order valence-corrected chi connectivity index (χ1v) is 11.5. The topological polar surface area (TPSA) is 91.9 Å². The second-order valence-electron chi connectivity index (χ2n) is 8.32. The first kappa shape index (κ1) is 24.3. The van der Waals surface area contributed by atoms with Crippen molar-refractivity contribution in [3.05, 3.63) is 65.9 Å². The fourth-order valence-electron chi connectivity index (χ4n) is 4.08. The Hall–Kier alpha value is -3.39. The van der Waals surface area contributed by atoms with Gasteiger partial charge in [-0.25, -0.2) is 9.67 Å². The zero-order valence-electron chi connectivity index (χ0n) is 20.2. The number of H-pyrrole nitrogens is 1. The molecule has 1 saturated heterocycles. The van der Waals surface area contributed by atoms with Crippen molar-refractivity contribution in [1.29, 1.82) is 0 Å². The molecule has 3 heterocycles. The van der Waals surface area contributed by atoms with Crippen LogP contribution in [0.15, 0.2) is 48.8 Å². The van der Waals surface area contributed by atoms with Gasteiger partial charge < -0.3 is 15.5 Å². The van der Waals surface area contributed by atoms with Crippen molar-refractivity contribution >= 4 is 23.9 Å². The molecule has 176 valence electrons. The van der Waals surface area contributed by atoms with Crippen LogP contribution in [-0.2, 0) is 0 Å². The lowest BCUT2D eigenvalue weighted by Gasteiger charge is -2.32. The first-order valence-electron chi connectivity index (χ1n) is 11.5. The van der Waals surface area contributed by atoms with Crippen LogP contribution in [0.3, 0.4) is 0 Å². The Morgan fingerprint density at radius 1 is 1.42 bits per heavy atom. The Labute approximate surface area is 196 Å². The van der Waals surface area contributed by atoms with Gasteiger partial charge in [-0.1, -0.05) is 19.6 Å². The molecule has 2 aromatic rings. The third-order valence-corrected chi connectivity index (χ3v) is 5.98. The highest BCUT2D eigenvalue weighted by Crippen LogP contribution is 2.24. The highest BCUT2D eigenvalue weighted by molar-refractivity contribution is 5.78. The normalized spacial score (nSPS) is 18.8. The second-order valence-corrected chi connectivity index (χ2v) is 8.32. The van der Waals surface area contributed by atoms with Crippen LogP contribution in [0.1, 0.15) is 50.7 Å². The monoisotopic (exact) mass is 448 g/mol. The smallest absolute Gasteiger partial charge is 0.154 e. The minimum Gasteiger partial charge on any atom is -0.401 e. The molecule has 8 heteroatoms. The molecular formula is C25H36N8. The molecule has 0 aromatic carbocycles. The van der Waals surface area contributed by atoms with E-state index < -0.39 is 0 Å². The van der Waals surface area contributed by atoms with Gasteiger partial charge in [0.1, 0.15) is 6.33 Å².